The molecule has 0 aliphatic heterocycles. The molecule has 1 aromatic rings. The van der Waals surface area contributed by atoms with Crippen LogP contribution in [0.15, 0.2) is 24.3 Å². The van der Waals surface area contributed by atoms with Gasteiger partial charge in [0, 0.05) is 0 Å². The van der Waals surface area contributed by atoms with Crippen LogP contribution < -0.4 is 8.32 Å². The fourth-order valence-corrected chi connectivity index (χ4v) is 1.47. The van der Waals surface area contributed by atoms with E-state index in [0.717, 1.165) is 12.4 Å². The molecular weight excluding hydrogens is 231 g/mol. The van der Waals surface area contributed by atoms with Gasteiger partial charge in [0.25, 0.3) is 0 Å². The molecule has 0 unspecified atom stereocenters. The van der Waals surface area contributed by atoms with Crippen molar-refractivity contribution in [1.29, 1.82) is 0 Å². The van der Waals surface area contributed by atoms with Gasteiger partial charge in [-0.05, 0) is 0 Å². The van der Waals surface area contributed by atoms with Gasteiger partial charge in [-0.2, -0.15) is 0 Å². The van der Waals surface area contributed by atoms with Crippen molar-refractivity contribution in [1.82, 2.24) is 0 Å². The van der Waals surface area contributed by atoms with Crippen molar-refractivity contribution >= 4 is 26.1 Å². The standard InChI is InChI=1S/C8H9O.Sn/c1-2-9-8-6-4-3-5-7-8;/h3-6H,2H2,1H3;. The van der Waals surface area contributed by atoms with Gasteiger partial charge in [-0.1, -0.05) is 0 Å². The molecule has 0 aliphatic carbocycles. The summed E-state index contributed by atoms with van der Waals surface area (Å²) in [5, 5.41) is 0. The number of benzene rings is 1. The van der Waals surface area contributed by atoms with Crippen LogP contribution in [-0.2, 0) is 0 Å². The molecule has 10 heavy (non-hydrogen) atoms. The van der Waals surface area contributed by atoms with E-state index in [0.29, 0.717) is 0 Å². The van der Waals surface area contributed by atoms with Gasteiger partial charge in [0.1, 0.15) is 0 Å². The van der Waals surface area contributed by atoms with Gasteiger partial charge in [0.2, 0.25) is 0 Å². The van der Waals surface area contributed by atoms with Crippen LogP contribution >= 0.6 is 0 Å². The molecule has 0 bridgehead atoms. The topological polar surface area (TPSA) is 9.23 Å². The Kier molecular flexibility index (Phi) is 3.06. The summed E-state index contributed by atoms with van der Waals surface area (Å²) in [6.07, 6.45) is 0. The molecule has 1 aromatic carbocycles. The summed E-state index contributed by atoms with van der Waals surface area (Å²) in [6, 6.07) is 8.13. The molecule has 3 radical (unpaired) electrons. The van der Waals surface area contributed by atoms with Gasteiger partial charge in [-0.15, -0.1) is 0 Å². The van der Waals surface area contributed by atoms with Gasteiger partial charge in [0.15, 0.2) is 0 Å². The van der Waals surface area contributed by atoms with E-state index in [9.17, 15) is 0 Å². The van der Waals surface area contributed by atoms with E-state index in [1.54, 1.807) is 0 Å². The van der Waals surface area contributed by atoms with Gasteiger partial charge >= 0.3 is 74.4 Å². The summed E-state index contributed by atoms with van der Waals surface area (Å²) >= 11 is 1.41. The summed E-state index contributed by atoms with van der Waals surface area (Å²) in [7, 11) is 0. The molecule has 1 nitrogen and oxygen atoms in total. The number of ether oxygens (including phenoxy) is 1. The van der Waals surface area contributed by atoms with E-state index >= 15 is 0 Å². The van der Waals surface area contributed by atoms with Crippen molar-refractivity contribution in [3.8, 4) is 5.75 Å². The first-order valence-electron chi connectivity index (χ1n) is 3.28. The first-order chi connectivity index (χ1) is 4.84. The molecule has 0 fully saturated rings. The number of hydrogen-bond donors (Lipinski definition) is 0. The summed E-state index contributed by atoms with van der Waals surface area (Å²) in [4.78, 5) is 0. The molecule has 0 aromatic heterocycles. The van der Waals surface area contributed by atoms with Gasteiger partial charge in [-0.25, -0.2) is 0 Å². The van der Waals surface area contributed by atoms with Crippen LogP contribution in [0.25, 0.3) is 0 Å². The zero-order valence-electron chi connectivity index (χ0n) is 5.92. The molecule has 0 heterocycles. The fourth-order valence-electron chi connectivity index (χ4n) is 0.748. The van der Waals surface area contributed by atoms with Crippen LogP contribution in [0.4, 0.5) is 0 Å². The minimum absolute atomic E-state index is 0.755. The first-order valence-corrected chi connectivity index (χ1v) is 4.70. The Morgan fingerprint density at radius 1 is 1.40 bits per heavy atom. The second kappa shape index (κ2) is 3.86. The zero-order chi connectivity index (χ0) is 7.40. The number of hydrogen-bond acceptors (Lipinski definition) is 1. The molecule has 0 saturated carbocycles. The predicted molar refractivity (Wildman–Crippen MR) is 43.0 cm³/mol. The second-order valence-electron chi connectivity index (χ2n) is 1.93. The van der Waals surface area contributed by atoms with Gasteiger partial charge in [0.05, 0.1) is 0 Å². The molecule has 0 saturated heterocycles. The third-order valence-electron chi connectivity index (χ3n) is 1.19. The van der Waals surface area contributed by atoms with E-state index in [1.165, 1.54) is 26.1 Å². The van der Waals surface area contributed by atoms with Crippen LogP contribution in [0.1, 0.15) is 6.92 Å². The van der Waals surface area contributed by atoms with Crippen molar-refractivity contribution in [3.05, 3.63) is 24.3 Å². The summed E-state index contributed by atoms with van der Waals surface area (Å²) < 4.78 is 6.65. The quantitative estimate of drug-likeness (QED) is 0.697. The van der Waals surface area contributed by atoms with E-state index in [1.807, 2.05) is 25.1 Å². The number of rotatable bonds is 2. The normalized spacial score (nSPS) is 9.40. The van der Waals surface area contributed by atoms with Crippen molar-refractivity contribution < 1.29 is 4.74 Å². The molecule has 1 rings (SSSR count). The van der Waals surface area contributed by atoms with Crippen molar-refractivity contribution in [2.24, 2.45) is 0 Å². The Bertz CT molecular complexity index is 210. The van der Waals surface area contributed by atoms with Crippen molar-refractivity contribution in [2.75, 3.05) is 6.61 Å². The third kappa shape index (κ3) is 1.90. The minimum atomic E-state index is 0.755. The van der Waals surface area contributed by atoms with Gasteiger partial charge in [-0.3, -0.25) is 0 Å². The van der Waals surface area contributed by atoms with Crippen LogP contribution in [0, 0.1) is 0 Å². The Balaban J connectivity index is 2.81. The van der Waals surface area contributed by atoms with Crippen molar-refractivity contribution in [3.63, 3.8) is 0 Å². The Morgan fingerprint density at radius 3 is 2.70 bits per heavy atom. The van der Waals surface area contributed by atoms with Crippen molar-refractivity contribution in [2.45, 2.75) is 6.92 Å². The Morgan fingerprint density at radius 2 is 2.10 bits per heavy atom. The predicted octanol–water partition coefficient (Wildman–Crippen LogP) is 0.879. The average molecular weight is 240 g/mol. The monoisotopic (exact) mass is 241 g/mol. The summed E-state index contributed by atoms with van der Waals surface area (Å²) in [5.41, 5.74) is 0. The summed E-state index contributed by atoms with van der Waals surface area (Å²) in [6.45, 7) is 2.76. The van der Waals surface area contributed by atoms with E-state index in [4.69, 9.17) is 4.74 Å². The molecule has 0 atom stereocenters. The van der Waals surface area contributed by atoms with E-state index < -0.39 is 0 Å². The van der Waals surface area contributed by atoms with Crippen LogP contribution in [-0.4, -0.2) is 29.1 Å². The molecule has 0 amide bonds. The van der Waals surface area contributed by atoms with Crippen LogP contribution in [0.5, 0.6) is 5.75 Å². The molecule has 51 valence electrons. The Labute approximate surface area is 74.5 Å². The van der Waals surface area contributed by atoms with Crippen LogP contribution in [0.2, 0.25) is 0 Å². The van der Waals surface area contributed by atoms with E-state index in [-0.39, 0.29) is 0 Å². The molecule has 0 spiro atoms. The SMILES string of the molecule is CCOc1cccc[c]1[Sn]. The van der Waals surface area contributed by atoms with Gasteiger partial charge < -0.3 is 0 Å². The third-order valence-corrected chi connectivity index (χ3v) is 2.37. The molecule has 0 aliphatic rings. The second-order valence-corrected chi connectivity index (χ2v) is 3.47. The Hall–Kier alpha value is -0.181. The maximum absolute atomic E-state index is 5.36. The van der Waals surface area contributed by atoms with Crippen LogP contribution in [0.3, 0.4) is 0 Å². The molecular formula is C8H9OSn. The zero-order valence-corrected chi connectivity index (χ0v) is 8.78. The maximum atomic E-state index is 5.36. The van der Waals surface area contributed by atoms with E-state index in [2.05, 4.69) is 6.07 Å². The fraction of sp³-hybridized carbons (Fsp3) is 0.250. The first kappa shape index (κ1) is 7.92. The average Bonchev–Trinajstić information content (AvgIpc) is 1.94. The summed E-state index contributed by atoms with van der Waals surface area (Å²) in [5.74, 6) is 1.03. The number of para-hydroxylation sites is 1. The molecule has 0 N–H and O–H groups in total. The molecule has 2 heteroatoms.